The summed E-state index contributed by atoms with van der Waals surface area (Å²) in [6, 6.07) is 8.95. The van der Waals surface area contributed by atoms with Crippen molar-refractivity contribution in [2.45, 2.75) is 38.7 Å². The molecule has 0 aromatic heterocycles. The molecule has 1 aromatic carbocycles. The van der Waals surface area contributed by atoms with Crippen LogP contribution in [0.25, 0.3) is 0 Å². The lowest BCUT2D eigenvalue weighted by Crippen LogP contribution is -2.35. The highest BCUT2D eigenvalue weighted by Crippen LogP contribution is 2.19. The van der Waals surface area contributed by atoms with E-state index >= 15 is 0 Å². The van der Waals surface area contributed by atoms with Crippen LogP contribution >= 0.6 is 0 Å². The van der Waals surface area contributed by atoms with Crippen molar-refractivity contribution in [3.05, 3.63) is 35.9 Å². The summed E-state index contributed by atoms with van der Waals surface area (Å²) in [4.78, 5) is 11.9. The lowest BCUT2D eigenvalue weighted by Gasteiger charge is -2.21. The maximum Gasteiger partial charge on any atom is 0.194 e. The van der Waals surface area contributed by atoms with Crippen molar-refractivity contribution in [3.8, 4) is 0 Å². The fraction of sp³-hybridized carbons (Fsp3) is 0.462. The minimum atomic E-state index is -1.22. The average molecular weight is 206 g/mol. The molecule has 1 N–H and O–H groups in total. The Kier molecular flexibility index (Phi) is 4.04. The van der Waals surface area contributed by atoms with E-state index in [1.54, 1.807) is 19.1 Å². The van der Waals surface area contributed by atoms with Gasteiger partial charge >= 0.3 is 0 Å². The minimum Gasteiger partial charge on any atom is -0.382 e. The van der Waals surface area contributed by atoms with Crippen molar-refractivity contribution < 1.29 is 9.90 Å². The Bertz CT molecular complexity index is 315. The first kappa shape index (κ1) is 11.9. The molecule has 15 heavy (non-hydrogen) atoms. The normalized spacial score (nSPS) is 14.6. The van der Waals surface area contributed by atoms with Crippen LogP contribution < -0.4 is 0 Å². The van der Waals surface area contributed by atoms with Gasteiger partial charge < -0.3 is 5.11 Å². The third-order valence-electron chi connectivity index (χ3n) is 2.54. The van der Waals surface area contributed by atoms with Crippen molar-refractivity contribution in [1.29, 1.82) is 0 Å². The monoisotopic (exact) mass is 206 g/mol. The predicted molar refractivity (Wildman–Crippen MR) is 60.9 cm³/mol. The Morgan fingerprint density at radius 3 is 2.47 bits per heavy atom. The molecule has 0 spiro atoms. The van der Waals surface area contributed by atoms with Gasteiger partial charge in [0.05, 0.1) is 0 Å². The Hall–Kier alpha value is -1.15. The summed E-state index contributed by atoms with van der Waals surface area (Å²) >= 11 is 0. The number of rotatable bonds is 5. The summed E-state index contributed by atoms with van der Waals surface area (Å²) in [5.74, 6) is -0.184. The lowest BCUT2D eigenvalue weighted by atomic mass is 9.90. The molecule has 1 aromatic rings. The first-order valence-corrected chi connectivity index (χ1v) is 5.40. The van der Waals surface area contributed by atoms with E-state index < -0.39 is 5.60 Å². The summed E-state index contributed by atoms with van der Waals surface area (Å²) in [5.41, 5.74) is -0.643. The molecule has 0 amide bonds. The lowest BCUT2D eigenvalue weighted by molar-refractivity contribution is 0.0357. The van der Waals surface area contributed by atoms with E-state index in [9.17, 15) is 9.90 Å². The van der Waals surface area contributed by atoms with E-state index in [2.05, 4.69) is 0 Å². The fourth-order valence-corrected chi connectivity index (χ4v) is 1.54. The van der Waals surface area contributed by atoms with Crippen molar-refractivity contribution in [3.63, 3.8) is 0 Å². The van der Waals surface area contributed by atoms with E-state index in [-0.39, 0.29) is 5.78 Å². The molecule has 1 rings (SSSR count). The van der Waals surface area contributed by atoms with Gasteiger partial charge in [0, 0.05) is 5.56 Å². The SMILES string of the molecule is CCCCC(C)(O)C(=O)c1ccccc1. The van der Waals surface area contributed by atoms with Crippen LogP contribution in [0.5, 0.6) is 0 Å². The molecule has 0 heterocycles. The smallest absolute Gasteiger partial charge is 0.194 e. The van der Waals surface area contributed by atoms with Crippen molar-refractivity contribution >= 4 is 5.78 Å². The highest BCUT2D eigenvalue weighted by atomic mass is 16.3. The van der Waals surface area contributed by atoms with Gasteiger partial charge in [0.25, 0.3) is 0 Å². The van der Waals surface area contributed by atoms with E-state index in [1.165, 1.54) is 0 Å². The molecule has 2 heteroatoms. The van der Waals surface area contributed by atoms with Gasteiger partial charge in [-0.15, -0.1) is 0 Å². The number of hydrogen-bond acceptors (Lipinski definition) is 2. The van der Waals surface area contributed by atoms with Crippen LogP contribution in [-0.4, -0.2) is 16.5 Å². The molecule has 0 aliphatic rings. The van der Waals surface area contributed by atoms with Gasteiger partial charge in [-0.05, 0) is 13.3 Å². The number of aliphatic hydroxyl groups is 1. The number of benzene rings is 1. The summed E-state index contributed by atoms with van der Waals surface area (Å²) in [7, 11) is 0. The molecule has 82 valence electrons. The fourth-order valence-electron chi connectivity index (χ4n) is 1.54. The van der Waals surface area contributed by atoms with E-state index in [1.807, 2.05) is 25.1 Å². The molecule has 0 radical (unpaired) electrons. The second-order valence-electron chi connectivity index (χ2n) is 4.07. The Balaban J connectivity index is 2.75. The van der Waals surface area contributed by atoms with Gasteiger partial charge in [-0.1, -0.05) is 50.1 Å². The third kappa shape index (κ3) is 3.17. The van der Waals surface area contributed by atoms with Crippen LogP contribution in [0.3, 0.4) is 0 Å². The second kappa shape index (κ2) is 5.08. The zero-order valence-electron chi connectivity index (χ0n) is 9.36. The zero-order valence-corrected chi connectivity index (χ0v) is 9.36. The number of Topliss-reactive ketones (excluding diaryl/α,β-unsaturated/α-hetero) is 1. The van der Waals surface area contributed by atoms with Crippen LogP contribution in [0.1, 0.15) is 43.5 Å². The molecule has 0 aliphatic heterocycles. The van der Waals surface area contributed by atoms with Gasteiger partial charge in [-0.2, -0.15) is 0 Å². The Labute approximate surface area is 90.9 Å². The van der Waals surface area contributed by atoms with Crippen molar-refractivity contribution in [1.82, 2.24) is 0 Å². The minimum absolute atomic E-state index is 0.184. The van der Waals surface area contributed by atoms with Gasteiger partial charge in [-0.25, -0.2) is 0 Å². The first-order valence-electron chi connectivity index (χ1n) is 5.40. The van der Waals surface area contributed by atoms with Crippen LogP contribution in [0, 0.1) is 0 Å². The Morgan fingerprint density at radius 1 is 1.33 bits per heavy atom. The highest BCUT2D eigenvalue weighted by Gasteiger charge is 2.29. The van der Waals surface area contributed by atoms with Crippen LogP contribution in [0.4, 0.5) is 0 Å². The van der Waals surface area contributed by atoms with E-state index in [0.29, 0.717) is 12.0 Å². The predicted octanol–water partition coefficient (Wildman–Crippen LogP) is 2.81. The largest absolute Gasteiger partial charge is 0.382 e. The Morgan fingerprint density at radius 2 is 1.93 bits per heavy atom. The van der Waals surface area contributed by atoms with Gasteiger partial charge in [-0.3, -0.25) is 4.79 Å². The molecular weight excluding hydrogens is 188 g/mol. The topological polar surface area (TPSA) is 37.3 Å². The molecule has 0 saturated carbocycles. The molecule has 0 saturated heterocycles. The van der Waals surface area contributed by atoms with E-state index in [0.717, 1.165) is 12.8 Å². The van der Waals surface area contributed by atoms with Crippen LogP contribution in [0.15, 0.2) is 30.3 Å². The quantitative estimate of drug-likeness (QED) is 0.752. The maximum absolute atomic E-state index is 11.9. The number of carbonyl (C=O) groups excluding carboxylic acids is 1. The maximum atomic E-state index is 11.9. The van der Waals surface area contributed by atoms with Crippen molar-refractivity contribution in [2.24, 2.45) is 0 Å². The molecule has 0 fully saturated rings. The molecule has 1 atom stereocenters. The number of carbonyl (C=O) groups is 1. The van der Waals surface area contributed by atoms with Gasteiger partial charge in [0.15, 0.2) is 5.78 Å². The first-order chi connectivity index (χ1) is 7.08. The van der Waals surface area contributed by atoms with Gasteiger partial charge in [0.1, 0.15) is 5.60 Å². The summed E-state index contributed by atoms with van der Waals surface area (Å²) in [6.45, 7) is 3.64. The number of ketones is 1. The second-order valence-corrected chi connectivity index (χ2v) is 4.07. The molecule has 2 nitrogen and oxygen atoms in total. The molecular formula is C13H18O2. The average Bonchev–Trinajstić information content (AvgIpc) is 2.26. The molecule has 0 aliphatic carbocycles. The molecule has 1 unspecified atom stereocenters. The summed E-state index contributed by atoms with van der Waals surface area (Å²) in [5, 5.41) is 10.0. The number of hydrogen-bond donors (Lipinski definition) is 1. The molecule has 0 bridgehead atoms. The summed E-state index contributed by atoms with van der Waals surface area (Å²) < 4.78 is 0. The standard InChI is InChI=1S/C13H18O2/c1-3-4-10-13(2,15)12(14)11-8-6-5-7-9-11/h5-9,15H,3-4,10H2,1-2H3. The third-order valence-corrected chi connectivity index (χ3v) is 2.54. The van der Waals surface area contributed by atoms with Crippen LogP contribution in [-0.2, 0) is 0 Å². The van der Waals surface area contributed by atoms with Crippen molar-refractivity contribution in [2.75, 3.05) is 0 Å². The summed E-state index contributed by atoms with van der Waals surface area (Å²) in [6.07, 6.45) is 2.38. The zero-order chi connectivity index (χ0) is 11.3. The number of unbranched alkanes of at least 4 members (excludes halogenated alkanes) is 1. The van der Waals surface area contributed by atoms with Gasteiger partial charge in [0.2, 0.25) is 0 Å². The van der Waals surface area contributed by atoms with Crippen LogP contribution in [0.2, 0.25) is 0 Å². The van der Waals surface area contributed by atoms with E-state index in [4.69, 9.17) is 0 Å². The highest BCUT2D eigenvalue weighted by molar-refractivity contribution is 6.01.